The molecule has 0 radical (unpaired) electrons. The molecule has 0 fully saturated rings. The Bertz CT molecular complexity index is 924. The zero-order chi connectivity index (χ0) is 21.9. The number of carbonyl (C=O) groups is 3. The van der Waals surface area contributed by atoms with E-state index in [1.807, 2.05) is 36.4 Å². The summed E-state index contributed by atoms with van der Waals surface area (Å²) >= 11 is 0. The SMILES string of the molecule is C[C@H](NC(=O)C(C)(C)CNC(=O)OCC1c2ccccc2-c2ccccc21)C(=O)O. The fourth-order valence-corrected chi connectivity index (χ4v) is 3.48. The minimum absolute atomic E-state index is 0.0157. The van der Waals surface area contributed by atoms with Gasteiger partial charge in [-0.05, 0) is 43.0 Å². The molecule has 7 nitrogen and oxygen atoms in total. The van der Waals surface area contributed by atoms with Crippen molar-refractivity contribution in [2.24, 2.45) is 5.41 Å². The van der Waals surface area contributed by atoms with Crippen molar-refractivity contribution >= 4 is 18.0 Å². The van der Waals surface area contributed by atoms with E-state index in [2.05, 4.69) is 22.8 Å². The molecular weight excluding hydrogens is 384 g/mol. The van der Waals surface area contributed by atoms with E-state index in [0.717, 1.165) is 22.3 Å². The lowest BCUT2D eigenvalue weighted by Crippen LogP contribution is -2.49. The van der Waals surface area contributed by atoms with Crippen LogP contribution in [-0.2, 0) is 14.3 Å². The Morgan fingerprint density at radius 1 is 1.03 bits per heavy atom. The summed E-state index contributed by atoms with van der Waals surface area (Å²) in [5.41, 5.74) is 3.54. The van der Waals surface area contributed by atoms with Gasteiger partial charge >= 0.3 is 12.1 Å². The first-order valence-electron chi connectivity index (χ1n) is 9.83. The van der Waals surface area contributed by atoms with Crippen LogP contribution in [0.15, 0.2) is 48.5 Å². The number of fused-ring (bicyclic) bond motifs is 3. The van der Waals surface area contributed by atoms with Crippen molar-refractivity contribution in [2.45, 2.75) is 32.7 Å². The number of rotatable bonds is 7. The molecule has 0 unspecified atom stereocenters. The van der Waals surface area contributed by atoms with Gasteiger partial charge in [-0.2, -0.15) is 0 Å². The monoisotopic (exact) mass is 410 g/mol. The molecule has 0 aliphatic heterocycles. The molecule has 0 heterocycles. The summed E-state index contributed by atoms with van der Waals surface area (Å²) in [5, 5.41) is 13.9. The predicted molar refractivity (Wildman–Crippen MR) is 112 cm³/mol. The predicted octanol–water partition coefficient (Wildman–Crippen LogP) is 3.14. The second kappa shape index (κ2) is 8.57. The van der Waals surface area contributed by atoms with Crippen molar-refractivity contribution < 1.29 is 24.2 Å². The van der Waals surface area contributed by atoms with Gasteiger partial charge in [0.2, 0.25) is 5.91 Å². The number of amides is 2. The van der Waals surface area contributed by atoms with Crippen LogP contribution in [-0.4, -0.2) is 42.3 Å². The Hall–Kier alpha value is -3.35. The van der Waals surface area contributed by atoms with Gasteiger partial charge in [-0.15, -0.1) is 0 Å². The van der Waals surface area contributed by atoms with Gasteiger partial charge in [0.25, 0.3) is 0 Å². The number of nitrogens with one attached hydrogen (secondary N) is 2. The van der Waals surface area contributed by atoms with Gasteiger partial charge in [0.1, 0.15) is 12.6 Å². The Kier molecular flexibility index (Phi) is 6.10. The highest BCUT2D eigenvalue weighted by atomic mass is 16.5. The van der Waals surface area contributed by atoms with E-state index >= 15 is 0 Å². The minimum atomic E-state index is -1.12. The van der Waals surface area contributed by atoms with Crippen LogP contribution in [0, 0.1) is 5.41 Å². The summed E-state index contributed by atoms with van der Waals surface area (Å²) < 4.78 is 5.46. The molecule has 0 aromatic heterocycles. The van der Waals surface area contributed by atoms with Crippen molar-refractivity contribution in [2.75, 3.05) is 13.2 Å². The first-order chi connectivity index (χ1) is 14.2. The fraction of sp³-hybridized carbons (Fsp3) is 0.348. The molecule has 158 valence electrons. The van der Waals surface area contributed by atoms with Crippen molar-refractivity contribution in [1.82, 2.24) is 10.6 Å². The summed E-state index contributed by atoms with van der Waals surface area (Å²) in [4.78, 5) is 35.4. The molecule has 1 aliphatic carbocycles. The van der Waals surface area contributed by atoms with Crippen LogP contribution >= 0.6 is 0 Å². The van der Waals surface area contributed by atoms with Gasteiger partial charge in [-0.1, -0.05) is 48.5 Å². The summed E-state index contributed by atoms with van der Waals surface area (Å²) in [5.74, 6) is -1.63. The highest BCUT2D eigenvalue weighted by molar-refractivity contribution is 5.87. The van der Waals surface area contributed by atoms with Crippen LogP contribution in [0.25, 0.3) is 11.1 Å². The molecular formula is C23H26N2O5. The molecule has 0 saturated heterocycles. The molecule has 2 amide bonds. The first-order valence-corrected chi connectivity index (χ1v) is 9.83. The van der Waals surface area contributed by atoms with Gasteiger partial charge in [0.15, 0.2) is 0 Å². The van der Waals surface area contributed by atoms with Crippen LogP contribution in [0.2, 0.25) is 0 Å². The van der Waals surface area contributed by atoms with Crippen molar-refractivity contribution in [3.63, 3.8) is 0 Å². The first kappa shape index (κ1) is 21.4. The zero-order valence-electron chi connectivity index (χ0n) is 17.3. The topological polar surface area (TPSA) is 105 Å². The normalized spacial score (nSPS) is 13.7. The second-order valence-corrected chi connectivity index (χ2v) is 8.10. The van der Waals surface area contributed by atoms with E-state index in [1.54, 1.807) is 13.8 Å². The highest BCUT2D eigenvalue weighted by Gasteiger charge is 2.32. The number of carboxylic acid groups (broad SMARTS) is 1. The van der Waals surface area contributed by atoms with E-state index in [1.165, 1.54) is 6.92 Å². The van der Waals surface area contributed by atoms with Gasteiger partial charge in [-0.3, -0.25) is 9.59 Å². The Morgan fingerprint density at radius 2 is 1.57 bits per heavy atom. The highest BCUT2D eigenvalue weighted by Crippen LogP contribution is 2.44. The molecule has 0 saturated carbocycles. The number of alkyl carbamates (subject to hydrolysis) is 1. The number of hydrogen-bond acceptors (Lipinski definition) is 4. The molecule has 0 bridgehead atoms. The van der Waals surface area contributed by atoms with E-state index in [4.69, 9.17) is 9.84 Å². The largest absolute Gasteiger partial charge is 0.480 e. The van der Waals surface area contributed by atoms with Gasteiger partial charge < -0.3 is 20.5 Å². The van der Waals surface area contributed by atoms with Crippen LogP contribution in [0.5, 0.6) is 0 Å². The van der Waals surface area contributed by atoms with Crippen molar-refractivity contribution in [1.29, 1.82) is 0 Å². The standard InChI is InChI=1S/C23H26N2O5/c1-14(20(26)27)25-21(28)23(2,3)13-24-22(29)30-12-19-17-10-6-4-8-15(17)16-9-5-7-11-18(16)19/h4-11,14,19H,12-13H2,1-3H3,(H,24,29)(H,25,28)(H,26,27)/t14-/m0/s1. The third-order valence-electron chi connectivity index (χ3n) is 5.35. The Morgan fingerprint density at radius 3 is 2.10 bits per heavy atom. The summed E-state index contributed by atoms with van der Waals surface area (Å²) in [7, 11) is 0. The molecule has 2 aromatic rings. The van der Waals surface area contributed by atoms with Gasteiger partial charge in [0, 0.05) is 12.5 Å². The third-order valence-corrected chi connectivity index (χ3v) is 5.35. The Balaban J connectivity index is 1.58. The van der Waals surface area contributed by atoms with Crippen LogP contribution in [0.3, 0.4) is 0 Å². The second-order valence-electron chi connectivity index (χ2n) is 8.10. The molecule has 1 aliphatic rings. The van der Waals surface area contributed by atoms with Crippen molar-refractivity contribution in [3.8, 4) is 11.1 Å². The minimum Gasteiger partial charge on any atom is -0.480 e. The molecule has 3 N–H and O–H groups in total. The molecule has 2 aromatic carbocycles. The lowest BCUT2D eigenvalue weighted by Gasteiger charge is -2.25. The molecule has 0 spiro atoms. The molecule has 1 atom stereocenters. The maximum atomic E-state index is 12.3. The maximum Gasteiger partial charge on any atom is 0.407 e. The zero-order valence-corrected chi connectivity index (χ0v) is 17.3. The fourth-order valence-electron chi connectivity index (χ4n) is 3.48. The van der Waals surface area contributed by atoms with Crippen molar-refractivity contribution in [3.05, 3.63) is 59.7 Å². The quantitative estimate of drug-likeness (QED) is 0.650. The number of carboxylic acids is 1. The van der Waals surface area contributed by atoms with E-state index in [-0.39, 0.29) is 19.1 Å². The lowest BCUT2D eigenvalue weighted by molar-refractivity contribution is -0.142. The van der Waals surface area contributed by atoms with Crippen LogP contribution in [0.1, 0.15) is 37.8 Å². The van der Waals surface area contributed by atoms with E-state index in [0.29, 0.717) is 0 Å². The summed E-state index contributed by atoms with van der Waals surface area (Å²) in [6.07, 6.45) is -0.621. The number of ether oxygens (including phenoxy) is 1. The average molecular weight is 410 g/mol. The number of hydrogen-bond donors (Lipinski definition) is 3. The number of aliphatic carboxylic acids is 1. The van der Waals surface area contributed by atoms with Crippen LogP contribution < -0.4 is 10.6 Å². The van der Waals surface area contributed by atoms with Gasteiger partial charge in [-0.25, -0.2) is 4.79 Å². The lowest BCUT2D eigenvalue weighted by atomic mass is 9.92. The van der Waals surface area contributed by atoms with Crippen LogP contribution in [0.4, 0.5) is 4.79 Å². The summed E-state index contributed by atoms with van der Waals surface area (Å²) in [6.45, 7) is 4.83. The molecule has 3 rings (SSSR count). The third kappa shape index (κ3) is 4.45. The number of carbonyl (C=O) groups excluding carboxylic acids is 2. The summed E-state index contributed by atoms with van der Waals surface area (Å²) in [6, 6.07) is 15.1. The number of benzene rings is 2. The van der Waals surface area contributed by atoms with E-state index < -0.39 is 29.4 Å². The Labute approximate surface area is 175 Å². The molecule has 30 heavy (non-hydrogen) atoms. The average Bonchev–Trinajstić information content (AvgIpc) is 3.04. The van der Waals surface area contributed by atoms with E-state index in [9.17, 15) is 14.4 Å². The van der Waals surface area contributed by atoms with Gasteiger partial charge in [0.05, 0.1) is 5.41 Å². The molecule has 7 heteroatoms. The maximum absolute atomic E-state index is 12.3. The smallest absolute Gasteiger partial charge is 0.407 e.